The van der Waals surface area contributed by atoms with E-state index < -0.39 is 0 Å². The fourth-order valence-corrected chi connectivity index (χ4v) is 1.74. The highest BCUT2D eigenvalue weighted by atomic mass is 16.5. The Morgan fingerprint density at radius 1 is 1.32 bits per heavy atom. The Morgan fingerprint density at radius 2 is 2.16 bits per heavy atom. The molecule has 1 aromatic heterocycles. The van der Waals surface area contributed by atoms with Gasteiger partial charge in [0.05, 0.1) is 7.11 Å². The van der Waals surface area contributed by atoms with Gasteiger partial charge in [0.2, 0.25) is 0 Å². The first-order valence-corrected chi connectivity index (χ1v) is 6.01. The molecule has 6 nitrogen and oxygen atoms in total. The van der Waals surface area contributed by atoms with Gasteiger partial charge >= 0.3 is 0 Å². The molecule has 102 valence electrons. The lowest BCUT2D eigenvalue weighted by Gasteiger charge is -2.11. The summed E-state index contributed by atoms with van der Waals surface area (Å²) >= 11 is 0. The van der Waals surface area contributed by atoms with Crippen molar-refractivity contribution in [3.05, 3.63) is 35.9 Å². The van der Waals surface area contributed by atoms with E-state index in [9.17, 15) is 0 Å². The smallest absolute Gasteiger partial charge is 0.164 e. The lowest BCUT2D eigenvalue weighted by molar-refractivity contribution is 0.271. The summed E-state index contributed by atoms with van der Waals surface area (Å²) in [4.78, 5) is 4.11. The standard InChI is InChI=1S/C13H18N4O2/c1-14-7-10-4-5-11(12(6-10)18-3)19-8-13-15-9-16-17(13)2/h4-6,9,14H,7-8H2,1-3H3. The van der Waals surface area contributed by atoms with Gasteiger partial charge in [-0.25, -0.2) is 4.98 Å². The quantitative estimate of drug-likeness (QED) is 0.845. The molecule has 0 amide bonds. The van der Waals surface area contributed by atoms with Gasteiger partial charge in [-0.1, -0.05) is 6.07 Å². The fourth-order valence-electron chi connectivity index (χ4n) is 1.74. The van der Waals surface area contributed by atoms with Gasteiger partial charge < -0.3 is 14.8 Å². The van der Waals surface area contributed by atoms with E-state index in [0.717, 1.165) is 23.7 Å². The monoisotopic (exact) mass is 262 g/mol. The molecular formula is C13H18N4O2. The van der Waals surface area contributed by atoms with Crippen LogP contribution in [0.3, 0.4) is 0 Å². The van der Waals surface area contributed by atoms with Crippen LogP contribution in [0.1, 0.15) is 11.4 Å². The average molecular weight is 262 g/mol. The highest BCUT2D eigenvalue weighted by molar-refractivity contribution is 5.42. The maximum atomic E-state index is 5.72. The second-order valence-electron chi connectivity index (χ2n) is 4.10. The molecule has 0 spiro atoms. The van der Waals surface area contributed by atoms with Crippen molar-refractivity contribution in [3.63, 3.8) is 0 Å². The van der Waals surface area contributed by atoms with Crippen LogP contribution in [-0.4, -0.2) is 28.9 Å². The van der Waals surface area contributed by atoms with Crippen molar-refractivity contribution in [2.45, 2.75) is 13.2 Å². The Kier molecular flexibility index (Phi) is 4.35. The Morgan fingerprint density at radius 3 is 2.79 bits per heavy atom. The van der Waals surface area contributed by atoms with E-state index in [2.05, 4.69) is 15.4 Å². The minimum atomic E-state index is 0.359. The van der Waals surface area contributed by atoms with Crippen LogP contribution in [0, 0.1) is 0 Å². The molecule has 19 heavy (non-hydrogen) atoms. The van der Waals surface area contributed by atoms with Crippen LogP contribution in [-0.2, 0) is 20.2 Å². The van der Waals surface area contributed by atoms with E-state index in [4.69, 9.17) is 9.47 Å². The molecule has 0 saturated carbocycles. The first-order valence-electron chi connectivity index (χ1n) is 6.01. The molecule has 1 heterocycles. The van der Waals surface area contributed by atoms with Crippen molar-refractivity contribution in [1.29, 1.82) is 0 Å². The van der Waals surface area contributed by atoms with E-state index in [1.807, 2.05) is 32.3 Å². The van der Waals surface area contributed by atoms with E-state index in [1.165, 1.54) is 6.33 Å². The molecule has 0 radical (unpaired) electrons. The molecule has 0 aliphatic rings. The predicted octanol–water partition coefficient (Wildman–Crippen LogP) is 1.12. The van der Waals surface area contributed by atoms with Gasteiger partial charge in [-0.3, -0.25) is 4.68 Å². The molecule has 1 aromatic carbocycles. The lowest BCUT2D eigenvalue weighted by atomic mass is 10.2. The topological polar surface area (TPSA) is 61.2 Å². The SMILES string of the molecule is CNCc1ccc(OCc2ncnn2C)c(OC)c1. The molecule has 1 N–H and O–H groups in total. The molecule has 0 aliphatic heterocycles. The summed E-state index contributed by atoms with van der Waals surface area (Å²) in [6, 6.07) is 5.87. The van der Waals surface area contributed by atoms with Gasteiger partial charge in [-0.2, -0.15) is 5.10 Å². The summed E-state index contributed by atoms with van der Waals surface area (Å²) in [5.74, 6) is 2.18. The third-order valence-electron chi connectivity index (χ3n) is 2.77. The second-order valence-corrected chi connectivity index (χ2v) is 4.10. The average Bonchev–Trinajstić information content (AvgIpc) is 2.83. The van der Waals surface area contributed by atoms with Crippen molar-refractivity contribution >= 4 is 0 Å². The lowest BCUT2D eigenvalue weighted by Crippen LogP contribution is -2.07. The van der Waals surface area contributed by atoms with Crippen molar-refractivity contribution in [3.8, 4) is 11.5 Å². The van der Waals surface area contributed by atoms with Crippen LogP contribution < -0.4 is 14.8 Å². The predicted molar refractivity (Wildman–Crippen MR) is 71.1 cm³/mol. The summed E-state index contributed by atoms with van der Waals surface area (Å²) in [6.45, 7) is 1.15. The molecule has 2 aromatic rings. The molecule has 0 bridgehead atoms. The number of rotatable bonds is 6. The van der Waals surface area contributed by atoms with Gasteiger partial charge in [-0.15, -0.1) is 0 Å². The first-order chi connectivity index (χ1) is 9.24. The summed E-state index contributed by atoms with van der Waals surface area (Å²) in [7, 11) is 5.37. The second kappa shape index (κ2) is 6.19. The molecule has 6 heteroatoms. The van der Waals surface area contributed by atoms with E-state index in [0.29, 0.717) is 12.4 Å². The maximum absolute atomic E-state index is 5.72. The number of ether oxygens (including phenoxy) is 2. The van der Waals surface area contributed by atoms with Gasteiger partial charge in [0.25, 0.3) is 0 Å². The summed E-state index contributed by atoms with van der Waals surface area (Å²) in [5, 5.41) is 7.09. The number of nitrogens with zero attached hydrogens (tertiary/aromatic N) is 3. The molecule has 0 saturated heterocycles. The van der Waals surface area contributed by atoms with E-state index in [1.54, 1.807) is 11.8 Å². The van der Waals surface area contributed by atoms with Gasteiger partial charge in [0.1, 0.15) is 12.9 Å². The van der Waals surface area contributed by atoms with Crippen LogP contribution in [0.4, 0.5) is 0 Å². The Hall–Kier alpha value is -2.08. The van der Waals surface area contributed by atoms with Gasteiger partial charge in [0.15, 0.2) is 17.3 Å². The number of aromatic nitrogens is 3. The summed E-state index contributed by atoms with van der Waals surface area (Å²) in [6.07, 6.45) is 1.51. The highest BCUT2D eigenvalue weighted by Crippen LogP contribution is 2.28. The van der Waals surface area contributed by atoms with Crippen molar-refractivity contribution in [2.75, 3.05) is 14.2 Å². The summed E-state index contributed by atoms with van der Waals surface area (Å²) in [5.41, 5.74) is 1.14. The Labute approximate surface area is 112 Å². The Balaban J connectivity index is 2.09. The van der Waals surface area contributed by atoms with Gasteiger partial charge in [0, 0.05) is 13.6 Å². The molecule has 0 fully saturated rings. The zero-order valence-corrected chi connectivity index (χ0v) is 11.4. The normalized spacial score (nSPS) is 10.5. The minimum absolute atomic E-state index is 0.359. The summed E-state index contributed by atoms with van der Waals surface area (Å²) < 4.78 is 12.7. The molecule has 0 unspecified atom stereocenters. The minimum Gasteiger partial charge on any atom is -0.493 e. The first kappa shape index (κ1) is 13.4. The number of nitrogens with one attached hydrogen (secondary N) is 1. The Bertz CT molecular complexity index is 539. The maximum Gasteiger partial charge on any atom is 0.164 e. The van der Waals surface area contributed by atoms with Crippen LogP contribution in [0.5, 0.6) is 11.5 Å². The van der Waals surface area contributed by atoms with Crippen molar-refractivity contribution in [1.82, 2.24) is 20.1 Å². The van der Waals surface area contributed by atoms with Crippen molar-refractivity contribution in [2.24, 2.45) is 7.05 Å². The third kappa shape index (κ3) is 3.23. The van der Waals surface area contributed by atoms with Crippen LogP contribution >= 0.6 is 0 Å². The molecule has 2 rings (SSSR count). The largest absolute Gasteiger partial charge is 0.493 e. The van der Waals surface area contributed by atoms with Crippen molar-refractivity contribution < 1.29 is 9.47 Å². The molecule has 0 atom stereocenters. The number of hydrogen-bond acceptors (Lipinski definition) is 5. The van der Waals surface area contributed by atoms with E-state index >= 15 is 0 Å². The number of benzene rings is 1. The fraction of sp³-hybridized carbons (Fsp3) is 0.385. The van der Waals surface area contributed by atoms with Crippen LogP contribution in [0.25, 0.3) is 0 Å². The highest BCUT2D eigenvalue weighted by Gasteiger charge is 2.08. The van der Waals surface area contributed by atoms with Crippen LogP contribution in [0.2, 0.25) is 0 Å². The van der Waals surface area contributed by atoms with Gasteiger partial charge in [-0.05, 0) is 24.7 Å². The molecular weight excluding hydrogens is 244 g/mol. The zero-order chi connectivity index (χ0) is 13.7. The zero-order valence-electron chi connectivity index (χ0n) is 11.4. The number of hydrogen-bond donors (Lipinski definition) is 1. The van der Waals surface area contributed by atoms with Crippen LogP contribution in [0.15, 0.2) is 24.5 Å². The molecule has 0 aliphatic carbocycles. The number of aryl methyl sites for hydroxylation is 1. The number of methoxy groups -OCH3 is 1. The third-order valence-corrected chi connectivity index (χ3v) is 2.77. The van der Waals surface area contributed by atoms with E-state index in [-0.39, 0.29) is 0 Å².